The van der Waals surface area contributed by atoms with E-state index in [1.807, 2.05) is 57.2 Å². The van der Waals surface area contributed by atoms with Crippen molar-refractivity contribution in [1.29, 1.82) is 0 Å². The Kier molecular flexibility index (Phi) is 5.72. The molecule has 0 bridgehead atoms. The number of carbonyl (C=O) groups is 1. The molecule has 0 fully saturated rings. The molecule has 0 saturated heterocycles. The van der Waals surface area contributed by atoms with Crippen LogP contribution in [0.1, 0.15) is 32.9 Å². The average molecular weight is 381 g/mol. The van der Waals surface area contributed by atoms with E-state index in [0.29, 0.717) is 28.9 Å². The molecule has 0 unspecified atom stereocenters. The van der Waals surface area contributed by atoms with Gasteiger partial charge in [0.1, 0.15) is 5.69 Å². The number of nitrogens with zero attached hydrogens (tertiary/aromatic N) is 2. The molecular weight excluding hydrogens is 360 g/mol. The van der Waals surface area contributed by atoms with Gasteiger partial charge in [-0.1, -0.05) is 47.5 Å². The van der Waals surface area contributed by atoms with Crippen LogP contribution in [0.2, 0.25) is 5.02 Å². The summed E-state index contributed by atoms with van der Waals surface area (Å²) in [4.78, 5) is 21.2. The molecule has 1 amide bonds. The Bertz CT molecular complexity index is 970. The Morgan fingerprint density at radius 1 is 1.00 bits per heavy atom. The van der Waals surface area contributed by atoms with Crippen LogP contribution in [0.5, 0.6) is 0 Å². The van der Waals surface area contributed by atoms with Crippen LogP contribution in [0.4, 0.5) is 11.6 Å². The zero-order valence-electron chi connectivity index (χ0n) is 15.5. The van der Waals surface area contributed by atoms with Gasteiger partial charge in [-0.3, -0.25) is 4.79 Å². The Balaban J connectivity index is 1.75. The van der Waals surface area contributed by atoms with Gasteiger partial charge in [0.25, 0.3) is 5.91 Å². The monoisotopic (exact) mass is 380 g/mol. The fourth-order valence-corrected chi connectivity index (χ4v) is 2.74. The predicted octanol–water partition coefficient (Wildman–Crippen LogP) is 4.73. The summed E-state index contributed by atoms with van der Waals surface area (Å²) in [5.74, 6) is 0.118. The lowest BCUT2D eigenvalue weighted by Gasteiger charge is -2.11. The number of aromatic nitrogens is 2. The van der Waals surface area contributed by atoms with Crippen molar-refractivity contribution in [1.82, 2.24) is 15.3 Å². The van der Waals surface area contributed by atoms with Gasteiger partial charge in [-0.15, -0.1) is 0 Å². The summed E-state index contributed by atoms with van der Waals surface area (Å²) in [7, 11) is 0. The molecule has 0 spiro atoms. The van der Waals surface area contributed by atoms with E-state index in [9.17, 15) is 4.79 Å². The molecule has 0 saturated carbocycles. The van der Waals surface area contributed by atoms with Crippen LogP contribution in [-0.2, 0) is 6.54 Å². The molecule has 138 valence electrons. The largest absolute Gasteiger partial charge is 0.347 e. The van der Waals surface area contributed by atoms with Gasteiger partial charge in [0, 0.05) is 22.9 Å². The lowest BCUT2D eigenvalue weighted by Crippen LogP contribution is -2.24. The molecule has 6 heteroatoms. The van der Waals surface area contributed by atoms with Crippen molar-refractivity contribution in [3.63, 3.8) is 0 Å². The van der Waals surface area contributed by atoms with Gasteiger partial charge in [-0.05, 0) is 50.1 Å². The molecule has 0 aliphatic rings. The third-order valence-corrected chi connectivity index (χ3v) is 4.34. The molecule has 2 aromatic carbocycles. The van der Waals surface area contributed by atoms with Gasteiger partial charge in [0.2, 0.25) is 5.95 Å². The van der Waals surface area contributed by atoms with E-state index in [2.05, 4.69) is 20.6 Å². The Hall–Kier alpha value is -2.92. The molecule has 5 nitrogen and oxygen atoms in total. The van der Waals surface area contributed by atoms with E-state index < -0.39 is 0 Å². The van der Waals surface area contributed by atoms with Crippen molar-refractivity contribution in [3.8, 4) is 0 Å². The van der Waals surface area contributed by atoms with Gasteiger partial charge in [-0.2, -0.15) is 0 Å². The van der Waals surface area contributed by atoms with Crippen LogP contribution >= 0.6 is 11.6 Å². The highest BCUT2D eigenvalue weighted by atomic mass is 35.5. The van der Waals surface area contributed by atoms with Crippen LogP contribution in [0.25, 0.3) is 0 Å². The lowest BCUT2D eigenvalue weighted by atomic mass is 10.1. The molecule has 2 N–H and O–H groups in total. The minimum atomic E-state index is -0.244. The maximum Gasteiger partial charge on any atom is 0.270 e. The second-order valence-corrected chi connectivity index (χ2v) is 6.91. The summed E-state index contributed by atoms with van der Waals surface area (Å²) in [6, 6.07) is 15.2. The van der Waals surface area contributed by atoms with E-state index >= 15 is 0 Å². The van der Waals surface area contributed by atoms with Gasteiger partial charge < -0.3 is 10.6 Å². The average Bonchev–Trinajstić information content (AvgIpc) is 2.63. The first-order chi connectivity index (χ1) is 12.9. The van der Waals surface area contributed by atoms with Gasteiger partial charge in [0.15, 0.2) is 0 Å². The van der Waals surface area contributed by atoms with Gasteiger partial charge in [0.05, 0.1) is 0 Å². The fraction of sp³-hybridized carbons (Fsp3) is 0.190. The van der Waals surface area contributed by atoms with Gasteiger partial charge >= 0.3 is 0 Å². The zero-order valence-corrected chi connectivity index (χ0v) is 16.3. The highest BCUT2D eigenvalue weighted by Crippen LogP contribution is 2.23. The molecule has 27 heavy (non-hydrogen) atoms. The van der Waals surface area contributed by atoms with Crippen LogP contribution < -0.4 is 10.6 Å². The van der Waals surface area contributed by atoms with E-state index in [1.165, 1.54) is 5.56 Å². The second-order valence-electron chi connectivity index (χ2n) is 6.47. The quantitative estimate of drug-likeness (QED) is 0.671. The summed E-state index contributed by atoms with van der Waals surface area (Å²) in [5.41, 5.74) is 5.05. The van der Waals surface area contributed by atoms with Crippen LogP contribution in [-0.4, -0.2) is 15.9 Å². The number of hydrogen-bond acceptors (Lipinski definition) is 4. The number of benzene rings is 2. The van der Waals surface area contributed by atoms with E-state index in [1.54, 1.807) is 12.1 Å². The first-order valence-electron chi connectivity index (χ1n) is 8.63. The highest BCUT2D eigenvalue weighted by molar-refractivity contribution is 6.30. The lowest BCUT2D eigenvalue weighted by molar-refractivity contribution is 0.0945. The summed E-state index contributed by atoms with van der Waals surface area (Å²) in [5, 5.41) is 6.66. The Labute approximate surface area is 163 Å². The van der Waals surface area contributed by atoms with Crippen LogP contribution in [0.15, 0.2) is 48.5 Å². The molecule has 0 atom stereocenters. The first kappa shape index (κ1) is 18.9. The minimum absolute atomic E-state index is 0.244. The molecular formula is C21H21ClN4O. The van der Waals surface area contributed by atoms with E-state index in [0.717, 1.165) is 16.8 Å². The second kappa shape index (κ2) is 8.18. The Morgan fingerprint density at radius 2 is 1.74 bits per heavy atom. The maximum atomic E-state index is 12.5. The van der Waals surface area contributed by atoms with Crippen molar-refractivity contribution < 1.29 is 4.79 Å². The number of hydrogen-bond donors (Lipinski definition) is 2. The summed E-state index contributed by atoms with van der Waals surface area (Å²) < 4.78 is 0. The molecule has 0 radical (unpaired) electrons. The van der Waals surface area contributed by atoms with Crippen molar-refractivity contribution in [2.24, 2.45) is 0 Å². The SMILES string of the molecule is Cc1ccc(CNC(=O)c2cc(C)nc(Nc3cc(Cl)ccc3C)n2)cc1. The Morgan fingerprint density at radius 3 is 2.48 bits per heavy atom. The van der Waals surface area contributed by atoms with Gasteiger partial charge in [-0.25, -0.2) is 9.97 Å². The number of anilines is 2. The van der Waals surface area contributed by atoms with Crippen LogP contribution in [0.3, 0.4) is 0 Å². The number of halogens is 1. The van der Waals surface area contributed by atoms with Crippen molar-refractivity contribution in [2.75, 3.05) is 5.32 Å². The van der Waals surface area contributed by atoms with Crippen molar-refractivity contribution >= 4 is 29.1 Å². The maximum absolute atomic E-state index is 12.5. The van der Waals surface area contributed by atoms with Crippen molar-refractivity contribution in [2.45, 2.75) is 27.3 Å². The molecule has 3 rings (SSSR count). The molecule has 0 aliphatic heterocycles. The van der Waals surface area contributed by atoms with Crippen LogP contribution in [0, 0.1) is 20.8 Å². The predicted molar refractivity (Wildman–Crippen MR) is 109 cm³/mol. The summed E-state index contributed by atoms with van der Waals surface area (Å²) in [6.45, 7) is 6.26. The number of rotatable bonds is 5. The standard InChI is InChI=1S/C21H21ClN4O/c1-13-4-7-16(8-5-13)12-23-20(27)19-10-15(3)24-21(26-19)25-18-11-17(22)9-6-14(18)2/h4-11H,12H2,1-3H3,(H,23,27)(H,24,25,26). The van der Waals surface area contributed by atoms with E-state index in [-0.39, 0.29) is 5.91 Å². The highest BCUT2D eigenvalue weighted by Gasteiger charge is 2.11. The van der Waals surface area contributed by atoms with E-state index in [4.69, 9.17) is 11.6 Å². The summed E-state index contributed by atoms with van der Waals surface area (Å²) >= 11 is 6.06. The zero-order chi connectivity index (χ0) is 19.4. The third-order valence-electron chi connectivity index (χ3n) is 4.11. The molecule has 0 aliphatic carbocycles. The minimum Gasteiger partial charge on any atom is -0.347 e. The third kappa shape index (κ3) is 5.05. The smallest absolute Gasteiger partial charge is 0.270 e. The number of aryl methyl sites for hydroxylation is 3. The normalized spacial score (nSPS) is 10.5. The molecule has 1 aromatic heterocycles. The molecule has 1 heterocycles. The first-order valence-corrected chi connectivity index (χ1v) is 9.01. The summed E-state index contributed by atoms with van der Waals surface area (Å²) in [6.07, 6.45) is 0. The number of nitrogens with one attached hydrogen (secondary N) is 2. The van der Waals surface area contributed by atoms with Crippen molar-refractivity contribution in [3.05, 3.63) is 81.6 Å². The fourth-order valence-electron chi connectivity index (χ4n) is 2.57. The number of carbonyl (C=O) groups excluding carboxylic acids is 1. The molecule has 3 aromatic rings. The topological polar surface area (TPSA) is 66.9 Å². The number of amides is 1.